The highest BCUT2D eigenvalue weighted by atomic mass is 19.1. The Bertz CT molecular complexity index is 229. The fourth-order valence-electron chi connectivity index (χ4n) is 1.13. The van der Waals surface area contributed by atoms with Crippen LogP contribution in [0.4, 0.5) is 4.39 Å². The molecule has 1 aromatic rings. The van der Waals surface area contributed by atoms with Crippen LogP contribution in [0.5, 0.6) is 0 Å². The summed E-state index contributed by atoms with van der Waals surface area (Å²) in [5.74, 6) is -0.0452. The Morgan fingerprint density at radius 3 is 2.75 bits per heavy atom. The lowest BCUT2D eigenvalue weighted by molar-refractivity contribution is 0.606. The van der Waals surface area contributed by atoms with E-state index in [1.807, 2.05) is 6.92 Å². The van der Waals surface area contributed by atoms with E-state index in [9.17, 15) is 4.39 Å². The predicted octanol–water partition coefficient (Wildman–Crippen LogP) is 1.67. The van der Waals surface area contributed by atoms with Crippen molar-refractivity contribution in [3.05, 3.63) is 29.8 Å². The first-order valence-electron chi connectivity index (χ1n) is 4.09. The van der Waals surface area contributed by atoms with Crippen molar-refractivity contribution in [2.75, 3.05) is 6.54 Å². The molecule has 0 aliphatic rings. The minimum atomic E-state index is -0.300. The molecule has 1 rings (SSSR count). The van der Waals surface area contributed by atoms with Gasteiger partial charge in [-0.25, -0.2) is 4.39 Å². The lowest BCUT2D eigenvalue weighted by Crippen LogP contribution is -2.12. The highest BCUT2D eigenvalue weighted by Crippen LogP contribution is 2.14. The number of halogens is 1. The highest BCUT2D eigenvalue weighted by Gasteiger charge is 2.07. The van der Waals surface area contributed by atoms with Crippen molar-refractivity contribution in [3.63, 3.8) is 0 Å². The van der Waals surface area contributed by atoms with Crippen LogP contribution in [0.2, 0.25) is 0 Å². The summed E-state index contributed by atoms with van der Waals surface area (Å²) in [7, 11) is 0. The maximum atomic E-state index is 12.5. The van der Waals surface area contributed by atoms with Crippen molar-refractivity contribution >= 4 is 0 Å². The maximum absolute atomic E-state index is 12.5. The van der Waals surface area contributed by atoms with Crippen molar-refractivity contribution in [1.82, 2.24) is 4.98 Å². The lowest BCUT2D eigenvalue weighted by Gasteiger charge is -2.10. The summed E-state index contributed by atoms with van der Waals surface area (Å²) in [6, 6.07) is 3.11. The van der Waals surface area contributed by atoms with Crippen LogP contribution in [-0.2, 0) is 0 Å². The van der Waals surface area contributed by atoms with Crippen molar-refractivity contribution in [2.45, 2.75) is 19.3 Å². The quantitative estimate of drug-likeness (QED) is 0.745. The monoisotopic (exact) mass is 168 g/mol. The Kier molecular flexibility index (Phi) is 3.17. The fraction of sp³-hybridized carbons (Fsp3) is 0.444. The van der Waals surface area contributed by atoms with Crippen LogP contribution in [0, 0.1) is 5.82 Å². The molecule has 2 nitrogen and oxygen atoms in total. The molecule has 1 heterocycles. The van der Waals surface area contributed by atoms with Gasteiger partial charge in [0.1, 0.15) is 5.82 Å². The molecule has 1 unspecified atom stereocenters. The number of hydrogen-bond acceptors (Lipinski definition) is 2. The smallest absolute Gasteiger partial charge is 0.141 e. The molecule has 0 saturated carbocycles. The Labute approximate surface area is 71.6 Å². The van der Waals surface area contributed by atoms with Crippen molar-refractivity contribution < 1.29 is 4.39 Å². The molecule has 0 fully saturated rings. The van der Waals surface area contributed by atoms with Gasteiger partial charge >= 0.3 is 0 Å². The molecule has 0 saturated heterocycles. The van der Waals surface area contributed by atoms with Crippen LogP contribution < -0.4 is 5.73 Å². The summed E-state index contributed by atoms with van der Waals surface area (Å²) >= 11 is 0. The number of hydrogen-bond donors (Lipinski definition) is 1. The van der Waals surface area contributed by atoms with Crippen molar-refractivity contribution in [3.8, 4) is 0 Å². The largest absolute Gasteiger partial charge is 0.330 e. The third kappa shape index (κ3) is 2.01. The van der Waals surface area contributed by atoms with E-state index in [0.717, 1.165) is 12.1 Å². The first kappa shape index (κ1) is 9.13. The van der Waals surface area contributed by atoms with Gasteiger partial charge in [0.25, 0.3) is 0 Å². The first-order chi connectivity index (χ1) is 5.77. The number of aromatic nitrogens is 1. The molecule has 2 N–H and O–H groups in total. The molecule has 3 heteroatoms. The second kappa shape index (κ2) is 4.16. The van der Waals surface area contributed by atoms with Gasteiger partial charge in [0.15, 0.2) is 0 Å². The Hall–Kier alpha value is -0.960. The van der Waals surface area contributed by atoms with Crippen molar-refractivity contribution in [1.29, 1.82) is 0 Å². The van der Waals surface area contributed by atoms with Gasteiger partial charge in [0.05, 0.1) is 6.20 Å². The van der Waals surface area contributed by atoms with Crippen LogP contribution in [0.25, 0.3) is 0 Å². The van der Waals surface area contributed by atoms with E-state index in [4.69, 9.17) is 5.73 Å². The van der Waals surface area contributed by atoms with E-state index >= 15 is 0 Å². The molecule has 1 aromatic heterocycles. The first-order valence-corrected chi connectivity index (χ1v) is 4.09. The van der Waals surface area contributed by atoms with Gasteiger partial charge in [-0.3, -0.25) is 4.98 Å². The molecule has 0 amide bonds. The van der Waals surface area contributed by atoms with E-state index in [1.54, 1.807) is 6.07 Å². The third-order valence-electron chi connectivity index (χ3n) is 1.95. The Balaban J connectivity index is 2.80. The number of nitrogens with two attached hydrogens (primary N) is 1. The number of pyridine rings is 1. The lowest BCUT2D eigenvalue weighted by atomic mass is 10.0. The molecule has 0 aliphatic heterocycles. The Morgan fingerprint density at radius 2 is 2.33 bits per heavy atom. The average molecular weight is 168 g/mol. The molecular weight excluding hydrogens is 155 g/mol. The van der Waals surface area contributed by atoms with E-state index in [-0.39, 0.29) is 11.7 Å². The van der Waals surface area contributed by atoms with Gasteiger partial charge in [0.2, 0.25) is 0 Å². The van der Waals surface area contributed by atoms with Crippen LogP contribution in [-0.4, -0.2) is 11.5 Å². The molecule has 1 atom stereocenters. The van der Waals surface area contributed by atoms with E-state index in [0.29, 0.717) is 6.54 Å². The van der Waals surface area contributed by atoms with Gasteiger partial charge in [-0.15, -0.1) is 0 Å². The summed E-state index contributed by atoms with van der Waals surface area (Å²) in [4.78, 5) is 3.97. The van der Waals surface area contributed by atoms with Gasteiger partial charge in [-0.2, -0.15) is 0 Å². The van der Waals surface area contributed by atoms with Gasteiger partial charge in [-0.1, -0.05) is 6.92 Å². The van der Waals surface area contributed by atoms with E-state index in [2.05, 4.69) is 4.98 Å². The molecule has 0 aliphatic carbocycles. The molecule has 0 bridgehead atoms. The molecule has 0 aromatic carbocycles. The van der Waals surface area contributed by atoms with Crippen LogP contribution in [0.15, 0.2) is 18.3 Å². The highest BCUT2D eigenvalue weighted by molar-refractivity contribution is 5.10. The van der Waals surface area contributed by atoms with E-state index < -0.39 is 0 Å². The minimum Gasteiger partial charge on any atom is -0.330 e. The second-order valence-corrected chi connectivity index (χ2v) is 2.74. The number of nitrogens with zero attached hydrogens (tertiary/aromatic N) is 1. The fourth-order valence-corrected chi connectivity index (χ4v) is 1.13. The molecular formula is C9H13FN2. The SMILES string of the molecule is CCC(CN)c1ccc(F)cn1. The minimum absolute atomic E-state index is 0.255. The molecule has 0 spiro atoms. The van der Waals surface area contributed by atoms with Gasteiger partial charge < -0.3 is 5.73 Å². The standard InChI is InChI=1S/C9H13FN2/c1-2-7(5-11)9-4-3-8(10)6-12-9/h3-4,6-7H,2,5,11H2,1H3. The Morgan fingerprint density at radius 1 is 1.58 bits per heavy atom. The zero-order chi connectivity index (χ0) is 8.97. The number of rotatable bonds is 3. The topological polar surface area (TPSA) is 38.9 Å². The summed E-state index contributed by atoms with van der Waals surface area (Å²) in [5.41, 5.74) is 6.40. The third-order valence-corrected chi connectivity index (χ3v) is 1.95. The molecule has 66 valence electrons. The molecule has 0 radical (unpaired) electrons. The van der Waals surface area contributed by atoms with Crippen LogP contribution in [0.1, 0.15) is 25.0 Å². The summed E-state index contributed by atoms with van der Waals surface area (Å²) in [5, 5.41) is 0. The predicted molar refractivity (Wildman–Crippen MR) is 46.3 cm³/mol. The van der Waals surface area contributed by atoms with E-state index in [1.165, 1.54) is 12.3 Å². The maximum Gasteiger partial charge on any atom is 0.141 e. The van der Waals surface area contributed by atoms with Crippen molar-refractivity contribution in [2.24, 2.45) is 5.73 Å². The molecule has 12 heavy (non-hydrogen) atoms. The second-order valence-electron chi connectivity index (χ2n) is 2.74. The van der Waals surface area contributed by atoms with Crippen LogP contribution >= 0.6 is 0 Å². The zero-order valence-corrected chi connectivity index (χ0v) is 7.13. The average Bonchev–Trinajstić information content (AvgIpc) is 2.10. The normalized spacial score (nSPS) is 12.9. The zero-order valence-electron chi connectivity index (χ0n) is 7.13. The van der Waals surface area contributed by atoms with Gasteiger partial charge in [-0.05, 0) is 18.6 Å². The van der Waals surface area contributed by atoms with Crippen LogP contribution in [0.3, 0.4) is 0 Å². The summed E-state index contributed by atoms with van der Waals surface area (Å²) in [6.07, 6.45) is 2.17. The summed E-state index contributed by atoms with van der Waals surface area (Å²) < 4.78 is 12.5. The summed E-state index contributed by atoms with van der Waals surface area (Å²) in [6.45, 7) is 2.61. The van der Waals surface area contributed by atoms with Gasteiger partial charge in [0, 0.05) is 18.2 Å².